The van der Waals surface area contributed by atoms with Crippen molar-refractivity contribution in [3.63, 3.8) is 0 Å². The predicted molar refractivity (Wildman–Crippen MR) is 78.4 cm³/mol. The second-order valence-corrected chi connectivity index (χ2v) is 6.37. The van der Waals surface area contributed by atoms with Gasteiger partial charge < -0.3 is 11.1 Å². The molecule has 1 aliphatic heterocycles. The lowest BCUT2D eigenvalue weighted by Crippen LogP contribution is -2.30. The van der Waals surface area contributed by atoms with E-state index in [0.717, 1.165) is 19.5 Å². The fraction of sp³-hybridized carbons (Fsp3) is 0.417. The Morgan fingerprint density at radius 1 is 1.35 bits per heavy atom. The molecule has 1 unspecified atom stereocenters. The fourth-order valence-electron chi connectivity index (χ4n) is 2.00. The molecule has 1 aromatic rings. The van der Waals surface area contributed by atoms with E-state index in [1.165, 1.54) is 24.3 Å². The van der Waals surface area contributed by atoms with Gasteiger partial charge in [0, 0.05) is 12.1 Å². The molecule has 0 aliphatic carbocycles. The molecule has 0 bridgehead atoms. The lowest BCUT2D eigenvalue weighted by Gasteiger charge is -2.11. The summed E-state index contributed by atoms with van der Waals surface area (Å²) < 4.78 is 26.6. The smallest absolute Gasteiger partial charge is 0.248 e. The third-order valence-corrected chi connectivity index (χ3v) is 4.61. The van der Waals surface area contributed by atoms with Crippen LogP contribution in [0, 0.1) is 5.92 Å². The summed E-state index contributed by atoms with van der Waals surface area (Å²) in [5.41, 5.74) is 5.39. The zero-order valence-corrected chi connectivity index (χ0v) is 12.5. The first kappa shape index (κ1) is 16.9. The quantitative estimate of drug-likeness (QED) is 0.716. The van der Waals surface area contributed by atoms with Crippen molar-refractivity contribution in [3.05, 3.63) is 29.8 Å². The van der Waals surface area contributed by atoms with Crippen molar-refractivity contribution >= 4 is 28.3 Å². The molecule has 1 atom stereocenters. The number of rotatable bonds is 5. The van der Waals surface area contributed by atoms with Gasteiger partial charge >= 0.3 is 0 Å². The highest BCUT2D eigenvalue weighted by molar-refractivity contribution is 7.89. The van der Waals surface area contributed by atoms with Gasteiger partial charge in [0.05, 0.1) is 4.90 Å². The minimum absolute atomic E-state index is 0. The average molecular weight is 320 g/mol. The molecule has 1 fully saturated rings. The van der Waals surface area contributed by atoms with Gasteiger partial charge in [0.1, 0.15) is 0 Å². The van der Waals surface area contributed by atoms with E-state index in [1.807, 2.05) is 0 Å². The van der Waals surface area contributed by atoms with Crippen molar-refractivity contribution < 1.29 is 13.2 Å². The maximum Gasteiger partial charge on any atom is 0.248 e. The standard InChI is InChI=1S/C12H17N3O3S.ClH/c13-12(16)10-1-3-11(4-2-10)19(17,18)15-8-9-5-6-14-7-9;/h1-4,9,14-15H,5-8H2,(H2,13,16);1H. The molecule has 0 saturated carbocycles. The number of nitrogens with two attached hydrogens (primary N) is 1. The van der Waals surface area contributed by atoms with Crippen molar-refractivity contribution in [1.82, 2.24) is 10.0 Å². The molecule has 0 aromatic heterocycles. The zero-order valence-electron chi connectivity index (χ0n) is 10.8. The second kappa shape index (κ2) is 7.03. The van der Waals surface area contributed by atoms with Crippen LogP contribution in [-0.4, -0.2) is 34.0 Å². The molecular formula is C12H18ClN3O3S. The highest BCUT2D eigenvalue weighted by Gasteiger charge is 2.19. The van der Waals surface area contributed by atoms with Crippen molar-refractivity contribution in [1.29, 1.82) is 0 Å². The van der Waals surface area contributed by atoms with Gasteiger partial charge in [-0.3, -0.25) is 4.79 Å². The number of halogens is 1. The van der Waals surface area contributed by atoms with Crippen LogP contribution >= 0.6 is 12.4 Å². The third-order valence-electron chi connectivity index (χ3n) is 3.17. The van der Waals surface area contributed by atoms with Crippen LogP contribution in [-0.2, 0) is 10.0 Å². The maximum absolute atomic E-state index is 12.0. The van der Waals surface area contributed by atoms with Crippen LogP contribution in [0.2, 0.25) is 0 Å². The van der Waals surface area contributed by atoms with Crippen LogP contribution < -0.4 is 15.8 Å². The van der Waals surface area contributed by atoms with E-state index in [4.69, 9.17) is 5.73 Å². The van der Waals surface area contributed by atoms with E-state index >= 15 is 0 Å². The van der Waals surface area contributed by atoms with Gasteiger partial charge in [0.2, 0.25) is 15.9 Å². The number of carbonyl (C=O) groups excluding carboxylic acids is 1. The molecule has 0 spiro atoms. The van der Waals surface area contributed by atoms with Crippen molar-refractivity contribution in [2.24, 2.45) is 11.7 Å². The van der Waals surface area contributed by atoms with Crippen LogP contribution in [0.4, 0.5) is 0 Å². The maximum atomic E-state index is 12.0. The number of benzene rings is 1. The van der Waals surface area contributed by atoms with Gasteiger partial charge in [-0.05, 0) is 49.7 Å². The van der Waals surface area contributed by atoms with Crippen LogP contribution in [0.25, 0.3) is 0 Å². The highest BCUT2D eigenvalue weighted by Crippen LogP contribution is 2.12. The number of carbonyl (C=O) groups is 1. The molecule has 2 rings (SSSR count). The van der Waals surface area contributed by atoms with Gasteiger partial charge in [0.25, 0.3) is 0 Å². The van der Waals surface area contributed by atoms with E-state index < -0.39 is 15.9 Å². The minimum Gasteiger partial charge on any atom is -0.366 e. The van der Waals surface area contributed by atoms with Crippen LogP contribution in [0.5, 0.6) is 0 Å². The Kier molecular flexibility index (Phi) is 5.94. The number of amides is 1. The summed E-state index contributed by atoms with van der Waals surface area (Å²) in [6.45, 7) is 2.19. The number of sulfonamides is 1. The minimum atomic E-state index is -3.52. The number of hydrogen-bond acceptors (Lipinski definition) is 4. The van der Waals surface area contributed by atoms with Gasteiger partial charge in [-0.1, -0.05) is 0 Å². The summed E-state index contributed by atoms with van der Waals surface area (Å²) in [6, 6.07) is 5.59. The Hall–Kier alpha value is -1.15. The Bertz CT molecular complexity index is 554. The summed E-state index contributed by atoms with van der Waals surface area (Å²) in [6.07, 6.45) is 0.975. The Morgan fingerprint density at radius 3 is 2.50 bits per heavy atom. The lowest BCUT2D eigenvalue weighted by molar-refractivity contribution is 0.1000. The van der Waals surface area contributed by atoms with E-state index in [9.17, 15) is 13.2 Å². The van der Waals surface area contributed by atoms with Gasteiger partial charge in [-0.25, -0.2) is 13.1 Å². The first-order valence-electron chi connectivity index (χ1n) is 6.09. The Labute approximate surface area is 124 Å². The number of nitrogens with one attached hydrogen (secondary N) is 2. The first-order chi connectivity index (χ1) is 8.99. The molecule has 6 nitrogen and oxygen atoms in total. The molecule has 1 aromatic carbocycles. The number of primary amides is 1. The summed E-state index contributed by atoms with van der Waals surface area (Å²) in [5, 5.41) is 3.18. The van der Waals surface area contributed by atoms with Crippen molar-refractivity contribution in [2.45, 2.75) is 11.3 Å². The Balaban J connectivity index is 0.00000200. The van der Waals surface area contributed by atoms with Gasteiger partial charge in [-0.15, -0.1) is 12.4 Å². The molecule has 0 radical (unpaired) electrons. The predicted octanol–water partition coefficient (Wildman–Crippen LogP) is 0.0951. The van der Waals surface area contributed by atoms with E-state index in [0.29, 0.717) is 18.0 Å². The average Bonchev–Trinajstić information content (AvgIpc) is 2.90. The molecule has 1 aliphatic rings. The van der Waals surface area contributed by atoms with Crippen molar-refractivity contribution in [3.8, 4) is 0 Å². The monoisotopic (exact) mass is 319 g/mol. The normalized spacial score (nSPS) is 18.5. The number of hydrogen-bond donors (Lipinski definition) is 3. The van der Waals surface area contributed by atoms with Crippen LogP contribution in [0.1, 0.15) is 16.8 Å². The van der Waals surface area contributed by atoms with E-state index in [2.05, 4.69) is 10.0 Å². The molecule has 112 valence electrons. The fourth-order valence-corrected chi connectivity index (χ4v) is 3.11. The topological polar surface area (TPSA) is 101 Å². The summed E-state index contributed by atoms with van der Waals surface area (Å²) in [7, 11) is -3.52. The third kappa shape index (κ3) is 4.17. The summed E-state index contributed by atoms with van der Waals surface area (Å²) in [5.74, 6) is -0.242. The highest BCUT2D eigenvalue weighted by atomic mass is 35.5. The SMILES string of the molecule is Cl.NC(=O)c1ccc(S(=O)(=O)NCC2CCNC2)cc1. The lowest BCUT2D eigenvalue weighted by atomic mass is 10.1. The summed E-state index contributed by atoms with van der Waals surface area (Å²) in [4.78, 5) is 11.1. The zero-order chi connectivity index (χ0) is 13.9. The largest absolute Gasteiger partial charge is 0.366 e. The van der Waals surface area contributed by atoms with Crippen LogP contribution in [0.3, 0.4) is 0 Å². The molecule has 1 heterocycles. The van der Waals surface area contributed by atoms with E-state index in [1.54, 1.807) is 0 Å². The first-order valence-corrected chi connectivity index (χ1v) is 7.57. The molecule has 1 saturated heterocycles. The molecule has 4 N–H and O–H groups in total. The second-order valence-electron chi connectivity index (χ2n) is 4.60. The molecule has 1 amide bonds. The van der Waals surface area contributed by atoms with Crippen molar-refractivity contribution in [2.75, 3.05) is 19.6 Å². The van der Waals surface area contributed by atoms with Crippen LogP contribution in [0.15, 0.2) is 29.2 Å². The molecule has 8 heteroatoms. The van der Waals surface area contributed by atoms with Gasteiger partial charge in [0.15, 0.2) is 0 Å². The Morgan fingerprint density at radius 2 is 2.00 bits per heavy atom. The molecular weight excluding hydrogens is 302 g/mol. The molecule has 20 heavy (non-hydrogen) atoms. The van der Waals surface area contributed by atoms with E-state index in [-0.39, 0.29) is 17.3 Å². The van der Waals surface area contributed by atoms with Gasteiger partial charge in [-0.2, -0.15) is 0 Å². The summed E-state index contributed by atoms with van der Waals surface area (Å²) >= 11 is 0.